The molecule has 3 aromatic rings. The summed E-state index contributed by atoms with van der Waals surface area (Å²) in [5.74, 6) is -0.419. The number of hydrogen-bond acceptors (Lipinski definition) is 6. The van der Waals surface area contributed by atoms with E-state index in [2.05, 4.69) is 10.3 Å². The highest BCUT2D eigenvalue weighted by Crippen LogP contribution is 2.30. The molecule has 0 unspecified atom stereocenters. The molecule has 0 saturated carbocycles. The number of nitrogens with one attached hydrogen (secondary N) is 1. The number of benzene rings is 2. The van der Waals surface area contributed by atoms with Gasteiger partial charge in [0.15, 0.2) is 5.78 Å². The summed E-state index contributed by atoms with van der Waals surface area (Å²) in [4.78, 5) is 30.8. The van der Waals surface area contributed by atoms with Gasteiger partial charge in [0.1, 0.15) is 11.9 Å². The number of carbonyl (C=O) groups excluding carboxylic acids is 2. The van der Waals surface area contributed by atoms with Crippen molar-refractivity contribution in [2.75, 3.05) is 11.4 Å². The number of ketones is 1. The molecule has 6 nitrogen and oxygen atoms in total. The van der Waals surface area contributed by atoms with Crippen molar-refractivity contribution in [3.8, 4) is 11.1 Å². The predicted octanol–water partition coefficient (Wildman–Crippen LogP) is 6.11. The number of carbonyl (C=O) groups is 2. The largest absolute Gasteiger partial charge is 0.444 e. The Bertz CT molecular complexity index is 1300. The molecule has 1 amide bonds. The first-order valence-corrected chi connectivity index (χ1v) is 12.7. The SMILES string of the molecule is CC(=O)/C(C)=C\C[C@H]1CN(c2ccc(-c3ccc(CNCc4sc(C)nc4C)cc3)c(F)c2)C(=O)O1. The molecule has 0 spiro atoms. The normalized spacial score (nSPS) is 15.9. The summed E-state index contributed by atoms with van der Waals surface area (Å²) < 4.78 is 20.4. The molecule has 1 aliphatic rings. The molecule has 4 rings (SSSR count). The Balaban J connectivity index is 1.37. The Morgan fingerprint density at radius 3 is 2.58 bits per heavy atom. The number of amides is 1. The molecular weight excluding hydrogens is 477 g/mol. The molecule has 0 bridgehead atoms. The van der Waals surface area contributed by atoms with Crippen molar-refractivity contribution in [2.24, 2.45) is 0 Å². The average Bonchev–Trinajstić information content (AvgIpc) is 3.38. The molecule has 2 aromatic carbocycles. The van der Waals surface area contributed by atoms with Gasteiger partial charge in [0, 0.05) is 30.0 Å². The number of aryl methyl sites for hydroxylation is 2. The minimum atomic E-state index is -0.512. The molecule has 2 heterocycles. The number of thiazole rings is 1. The Kier molecular flexibility index (Phi) is 7.96. The first-order chi connectivity index (χ1) is 17.2. The Morgan fingerprint density at radius 2 is 1.94 bits per heavy atom. The van der Waals surface area contributed by atoms with Crippen LogP contribution in [0.1, 0.15) is 41.4 Å². The van der Waals surface area contributed by atoms with Crippen molar-refractivity contribution in [1.29, 1.82) is 0 Å². The highest BCUT2D eigenvalue weighted by Gasteiger charge is 2.32. The minimum absolute atomic E-state index is 0.0146. The van der Waals surface area contributed by atoms with Crippen molar-refractivity contribution in [3.05, 3.63) is 81.1 Å². The highest BCUT2D eigenvalue weighted by atomic mass is 32.1. The molecule has 36 heavy (non-hydrogen) atoms. The van der Waals surface area contributed by atoms with Crippen LogP contribution in [-0.4, -0.2) is 29.5 Å². The molecule has 188 valence electrons. The number of anilines is 1. The third-order valence-corrected chi connectivity index (χ3v) is 7.33. The van der Waals surface area contributed by atoms with Gasteiger partial charge >= 0.3 is 6.09 Å². The van der Waals surface area contributed by atoms with E-state index in [1.165, 1.54) is 22.8 Å². The van der Waals surface area contributed by atoms with Crippen LogP contribution in [0.4, 0.5) is 14.9 Å². The van der Waals surface area contributed by atoms with Crippen molar-refractivity contribution >= 4 is 28.9 Å². The fraction of sp³-hybridized carbons (Fsp3) is 0.321. The molecule has 1 saturated heterocycles. The zero-order valence-electron chi connectivity index (χ0n) is 20.9. The predicted molar refractivity (Wildman–Crippen MR) is 141 cm³/mol. The number of allylic oxidation sites excluding steroid dienone is 1. The number of rotatable bonds is 9. The van der Waals surface area contributed by atoms with Gasteiger partial charge in [-0.25, -0.2) is 14.2 Å². The second-order valence-electron chi connectivity index (χ2n) is 9.00. The van der Waals surface area contributed by atoms with Gasteiger partial charge in [-0.1, -0.05) is 30.3 Å². The molecule has 0 aliphatic carbocycles. The lowest BCUT2D eigenvalue weighted by atomic mass is 10.0. The van der Waals surface area contributed by atoms with E-state index >= 15 is 4.39 Å². The van der Waals surface area contributed by atoms with Crippen LogP contribution in [0.5, 0.6) is 0 Å². The lowest BCUT2D eigenvalue weighted by molar-refractivity contribution is -0.113. The van der Waals surface area contributed by atoms with Gasteiger partial charge in [-0.15, -0.1) is 11.3 Å². The molecular formula is C28H30FN3O3S. The van der Waals surface area contributed by atoms with Gasteiger partial charge in [0.2, 0.25) is 0 Å². The van der Waals surface area contributed by atoms with Crippen molar-refractivity contribution in [1.82, 2.24) is 10.3 Å². The van der Waals surface area contributed by atoms with E-state index in [1.54, 1.807) is 36.5 Å². The lowest BCUT2D eigenvalue weighted by Gasteiger charge is -2.14. The van der Waals surface area contributed by atoms with Crippen LogP contribution in [-0.2, 0) is 22.6 Å². The van der Waals surface area contributed by atoms with Crippen LogP contribution in [0.25, 0.3) is 11.1 Å². The van der Waals surface area contributed by atoms with Crippen LogP contribution >= 0.6 is 11.3 Å². The summed E-state index contributed by atoms with van der Waals surface area (Å²) in [6.45, 7) is 9.05. The number of aromatic nitrogens is 1. The number of Topliss-reactive ketones (excluding diaryl/α,β-unsaturated/α-hetero) is 1. The number of nitrogens with zero attached hydrogens (tertiary/aromatic N) is 2. The maximum atomic E-state index is 15.0. The summed E-state index contributed by atoms with van der Waals surface area (Å²) in [6.07, 6.45) is 1.33. The van der Waals surface area contributed by atoms with Crippen molar-refractivity contribution < 1.29 is 18.7 Å². The standard InChI is InChI=1S/C28H30FN3O3S/c1-17(19(3)33)5-11-24-16-32(28(34)35-24)23-10-12-25(26(29)13-23)22-8-6-21(7-9-22)14-30-15-27-18(2)31-20(4)36-27/h5-10,12-13,24,30H,11,14-16H2,1-4H3/b17-5-/t24-/m0/s1. The molecule has 1 aliphatic heterocycles. The van der Waals surface area contributed by atoms with E-state index in [1.807, 2.05) is 38.1 Å². The van der Waals surface area contributed by atoms with E-state index in [-0.39, 0.29) is 11.9 Å². The van der Waals surface area contributed by atoms with Gasteiger partial charge in [0.05, 0.1) is 22.9 Å². The Hall–Kier alpha value is -3.36. The quantitative estimate of drug-likeness (QED) is 0.354. The minimum Gasteiger partial charge on any atom is -0.444 e. The second kappa shape index (κ2) is 11.1. The summed E-state index contributed by atoms with van der Waals surface area (Å²) in [5, 5.41) is 4.51. The van der Waals surface area contributed by atoms with E-state index in [9.17, 15) is 9.59 Å². The maximum Gasteiger partial charge on any atom is 0.414 e. The van der Waals surface area contributed by atoms with Crippen molar-refractivity contribution in [2.45, 2.75) is 53.3 Å². The van der Waals surface area contributed by atoms with Gasteiger partial charge in [0.25, 0.3) is 0 Å². The van der Waals surface area contributed by atoms with E-state index in [4.69, 9.17) is 4.74 Å². The van der Waals surface area contributed by atoms with Crippen LogP contribution < -0.4 is 10.2 Å². The van der Waals surface area contributed by atoms with Crippen LogP contribution in [0.3, 0.4) is 0 Å². The van der Waals surface area contributed by atoms with Crippen LogP contribution in [0, 0.1) is 19.7 Å². The zero-order chi connectivity index (χ0) is 25.8. The summed E-state index contributed by atoms with van der Waals surface area (Å²) in [5.41, 5.74) is 4.49. The lowest BCUT2D eigenvalue weighted by Crippen LogP contribution is -2.24. The van der Waals surface area contributed by atoms with Gasteiger partial charge in [-0.3, -0.25) is 9.69 Å². The third-order valence-electron chi connectivity index (χ3n) is 6.26. The van der Waals surface area contributed by atoms with Crippen LogP contribution in [0.15, 0.2) is 54.1 Å². The molecule has 8 heteroatoms. The smallest absolute Gasteiger partial charge is 0.414 e. The second-order valence-corrected chi connectivity index (χ2v) is 10.3. The molecule has 1 aromatic heterocycles. The van der Waals surface area contributed by atoms with Gasteiger partial charge < -0.3 is 10.1 Å². The first kappa shape index (κ1) is 25.7. The molecule has 0 radical (unpaired) electrons. The van der Waals surface area contributed by atoms with Crippen molar-refractivity contribution in [3.63, 3.8) is 0 Å². The summed E-state index contributed by atoms with van der Waals surface area (Å²) >= 11 is 1.70. The number of cyclic esters (lactones) is 1. The monoisotopic (exact) mass is 507 g/mol. The average molecular weight is 508 g/mol. The number of halogens is 1. The first-order valence-electron chi connectivity index (χ1n) is 11.9. The number of hydrogen-bond donors (Lipinski definition) is 1. The van der Waals surface area contributed by atoms with Crippen LogP contribution in [0.2, 0.25) is 0 Å². The van der Waals surface area contributed by atoms with E-state index in [0.29, 0.717) is 36.3 Å². The zero-order valence-corrected chi connectivity index (χ0v) is 21.7. The summed E-state index contributed by atoms with van der Waals surface area (Å²) in [6, 6.07) is 12.6. The van der Waals surface area contributed by atoms with Gasteiger partial charge in [-0.05, 0) is 62.6 Å². The molecule has 1 N–H and O–H groups in total. The Labute approximate surface area is 214 Å². The number of ether oxygens (including phenoxy) is 1. The van der Waals surface area contributed by atoms with E-state index in [0.717, 1.165) is 28.4 Å². The summed E-state index contributed by atoms with van der Waals surface area (Å²) in [7, 11) is 0. The fourth-order valence-electron chi connectivity index (χ4n) is 4.07. The van der Waals surface area contributed by atoms with Gasteiger partial charge in [-0.2, -0.15) is 0 Å². The third kappa shape index (κ3) is 6.06. The Morgan fingerprint density at radius 1 is 1.19 bits per heavy atom. The fourth-order valence-corrected chi connectivity index (χ4v) is 4.98. The topological polar surface area (TPSA) is 71.5 Å². The molecule has 1 atom stereocenters. The maximum absolute atomic E-state index is 15.0. The highest BCUT2D eigenvalue weighted by molar-refractivity contribution is 7.11. The van der Waals surface area contributed by atoms with E-state index < -0.39 is 11.9 Å². The molecule has 1 fully saturated rings.